The van der Waals surface area contributed by atoms with Gasteiger partial charge in [0.05, 0.1) is 46.8 Å². The number of nitrogens with zero attached hydrogens (tertiary/aromatic N) is 4. The summed E-state index contributed by atoms with van der Waals surface area (Å²) < 4.78 is 36.0. The summed E-state index contributed by atoms with van der Waals surface area (Å²) in [6.45, 7) is 4.51. The zero-order valence-corrected chi connectivity index (χ0v) is 29.8. The van der Waals surface area contributed by atoms with Crippen LogP contribution in [0, 0.1) is 0 Å². The number of aromatic nitrogens is 1. The Kier molecular flexibility index (Phi) is 10.0. The molecule has 2 aliphatic heterocycles. The lowest BCUT2D eigenvalue weighted by Crippen LogP contribution is -2.56. The summed E-state index contributed by atoms with van der Waals surface area (Å²) in [5, 5.41) is 1.49. The van der Waals surface area contributed by atoms with E-state index in [4.69, 9.17) is 19.4 Å². The number of benzene rings is 4. The maximum atomic E-state index is 14.9. The highest BCUT2D eigenvalue weighted by Gasteiger charge is 2.38. The minimum absolute atomic E-state index is 0.0119. The molecular weight excluding hydrogens is 701 g/mol. The van der Waals surface area contributed by atoms with Crippen molar-refractivity contribution in [2.45, 2.75) is 37.5 Å². The zero-order valence-electron chi connectivity index (χ0n) is 29.0. The molecule has 3 amide bonds. The van der Waals surface area contributed by atoms with E-state index in [0.717, 1.165) is 9.99 Å². The first-order valence-corrected chi connectivity index (χ1v) is 18.8. The number of hydrogen-bond acceptors (Lipinski definition) is 10. The molecule has 4 aromatic carbocycles. The maximum absolute atomic E-state index is 14.9. The molecule has 3 heterocycles. The summed E-state index contributed by atoms with van der Waals surface area (Å²) in [7, 11) is -4.54. The second-order valence-electron chi connectivity index (χ2n) is 12.7. The molecule has 2 aliphatic rings. The van der Waals surface area contributed by atoms with E-state index in [1.807, 2.05) is 6.92 Å². The van der Waals surface area contributed by atoms with E-state index in [2.05, 4.69) is 0 Å². The molecule has 13 nitrogen and oxygen atoms in total. The predicted octanol–water partition coefficient (Wildman–Crippen LogP) is 5.25. The third-order valence-corrected chi connectivity index (χ3v) is 11.1. The van der Waals surface area contributed by atoms with Crippen LogP contribution in [0.4, 0.5) is 11.4 Å². The molecule has 0 saturated carbocycles. The number of hydroxylamine groups is 4. The highest BCUT2D eigenvalue weighted by molar-refractivity contribution is 7.93. The lowest BCUT2D eigenvalue weighted by Gasteiger charge is -2.37. The second kappa shape index (κ2) is 14.8. The summed E-state index contributed by atoms with van der Waals surface area (Å²) >= 11 is 0. The SMILES string of the molecule is CCO[N+]1(c2ccc(N(C(=O)c3c4ccccc4nc4ccccc34)S(=O)(=O)c3ccc(CCC(=O)ON4C(=O)CCC4=O)cc3)cc2)CCOCC1. The van der Waals surface area contributed by atoms with E-state index in [0.29, 0.717) is 65.3 Å². The zero-order chi connectivity index (χ0) is 37.2. The minimum Gasteiger partial charge on any atom is -0.369 e. The number of quaternary nitrogens is 1. The van der Waals surface area contributed by atoms with Crippen LogP contribution in [0.15, 0.2) is 102 Å². The minimum atomic E-state index is -4.54. The van der Waals surface area contributed by atoms with Crippen LogP contribution < -0.4 is 8.95 Å². The molecule has 7 rings (SSSR count). The first-order valence-electron chi connectivity index (χ1n) is 17.3. The fraction of sp³-hybridized carbons (Fsp3) is 0.256. The lowest BCUT2D eigenvalue weighted by molar-refractivity contribution is -0.197. The fourth-order valence-corrected chi connectivity index (χ4v) is 8.13. The molecule has 0 unspecified atom stereocenters. The van der Waals surface area contributed by atoms with Gasteiger partial charge >= 0.3 is 5.97 Å². The number of fused-ring (bicyclic) bond motifs is 2. The number of rotatable bonds is 11. The van der Waals surface area contributed by atoms with Gasteiger partial charge in [-0.15, -0.1) is 9.71 Å². The van der Waals surface area contributed by atoms with Crippen molar-refractivity contribution in [3.63, 3.8) is 0 Å². The summed E-state index contributed by atoms with van der Waals surface area (Å²) in [5.41, 5.74) is 2.80. The van der Waals surface area contributed by atoms with Crippen molar-refractivity contribution in [3.05, 3.63) is 108 Å². The number of ether oxygens (including phenoxy) is 1. The van der Waals surface area contributed by atoms with Gasteiger partial charge in [0.15, 0.2) is 5.69 Å². The van der Waals surface area contributed by atoms with Crippen LogP contribution in [0.2, 0.25) is 0 Å². The average Bonchev–Trinajstić information content (AvgIpc) is 3.49. The molecule has 0 radical (unpaired) electrons. The molecule has 1 aromatic heterocycles. The van der Waals surface area contributed by atoms with Crippen molar-refractivity contribution in [2.24, 2.45) is 0 Å². The summed E-state index contributed by atoms with van der Waals surface area (Å²) in [6.07, 6.45) is -0.0282. The number of para-hydroxylation sites is 2. The number of sulfonamides is 1. The molecule has 0 spiro atoms. The van der Waals surface area contributed by atoms with Crippen molar-refractivity contribution in [2.75, 3.05) is 37.2 Å². The molecule has 5 aromatic rings. The van der Waals surface area contributed by atoms with Crippen LogP contribution >= 0.6 is 0 Å². The monoisotopic (exact) mass is 737 g/mol. The molecule has 0 aliphatic carbocycles. The van der Waals surface area contributed by atoms with Gasteiger partial charge in [-0.1, -0.05) is 48.5 Å². The van der Waals surface area contributed by atoms with Crippen LogP contribution in [-0.4, -0.2) is 75.1 Å². The molecule has 14 heteroatoms. The van der Waals surface area contributed by atoms with Crippen molar-refractivity contribution in [1.82, 2.24) is 14.7 Å². The van der Waals surface area contributed by atoms with Crippen LogP contribution in [0.25, 0.3) is 21.8 Å². The van der Waals surface area contributed by atoms with Gasteiger partial charge in [-0.05, 0) is 55.3 Å². The number of pyridine rings is 1. The number of imide groups is 1. The number of hydrogen-bond donors (Lipinski definition) is 0. The molecule has 2 saturated heterocycles. The molecule has 2 fully saturated rings. The van der Waals surface area contributed by atoms with Crippen molar-refractivity contribution in [3.8, 4) is 0 Å². The van der Waals surface area contributed by atoms with E-state index in [-0.39, 0.29) is 46.5 Å². The average molecular weight is 738 g/mol. The van der Waals surface area contributed by atoms with Crippen molar-refractivity contribution < 1.29 is 42.0 Å². The number of carbonyl (C=O) groups excluding carboxylic acids is 4. The van der Waals surface area contributed by atoms with Crippen molar-refractivity contribution in [1.29, 1.82) is 0 Å². The Labute approximate surface area is 305 Å². The molecule has 53 heavy (non-hydrogen) atoms. The number of aryl methyl sites for hydroxylation is 1. The Balaban J connectivity index is 1.25. The third-order valence-electron chi connectivity index (χ3n) is 9.39. The molecule has 0 atom stereocenters. The number of anilines is 1. The summed E-state index contributed by atoms with van der Waals surface area (Å²) in [4.78, 5) is 66.7. The van der Waals surface area contributed by atoms with Gasteiger partial charge in [0, 0.05) is 35.7 Å². The largest absolute Gasteiger partial charge is 0.369 e. The lowest BCUT2D eigenvalue weighted by atomic mass is 10.0. The van der Waals surface area contributed by atoms with Gasteiger partial charge in [0.25, 0.3) is 27.7 Å². The highest BCUT2D eigenvalue weighted by atomic mass is 32.2. The smallest absolute Gasteiger partial charge is 0.333 e. The van der Waals surface area contributed by atoms with Gasteiger partial charge in [-0.3, -0.25) is 14.4 Å². The first kappa shape index (κ1) is 35.8. The standard InChI is InChI=1S/C39H37N4O9S/c1-2-51-43(23-25-50-26-24-43)29-16-14-28(15-17-29)42(39(47)38-31-7-3-5-9-33(31)40-34-10-6-4-8-32(34)38)53(48,49)30-18-11-27(12-19-30)13-22-37(46)52-41-35(44)20-21-36(41)45/h3-12,14-19H,2,13,20-26H2,1H3/q+1. The number of morpholine rings is 1. The topological polar surface area (TPSA) is 149 Å². The fourth-order valence-electron chi connectivity index (χ4n) is 6.73. The Morgan fingerprint density at radius 3 is 2.00 bits per heavy atom. The van der Waals surface area contributed by atoms with E-state index < -0.39 is 33.7 Å². The van der Waals surface area contributed by atoms with Gasteiger partial charge in [-0.25, -0.2) is 18.2 Å². The van der Waals surface area contributed by atoms with Gasteiger partial charge in [0.1, 0.15) is 19.7 Å². The highest BCUT2D eigenvalue weighted by Crippen LogP contribution is 2.35. The quantitative estimate of drug-likeness (QED) is 0.1000. The van der Waals surface area contributed by atoms with Crippen LogP contribution in [0.1, 0.15) is 42.1 Å². The Hall–Kier alpha value is -5.54. The second-order valence-corrected chi connectivity index (χ2v) is 14.5. The van der Waals surface area contributed by atoms with Crippen LogP contribution in [0.3, 0.4) is 0 Å². The van der Waals surface area contributed by atoms with E-state index in [9.17, 15) is 27.6 Å². The molecule has 0 N–H and O–H groups in total. The third kappa shape index (κ3) is 7.01. The predicted molar refractivity (Wildman–Crippen MR) is 196 cm³/mol. The molecule has 272 valence electrons. The molecule has 0 bridgehead atoms. The first-order chi connectivity index (χ1) is 25.6. The van der Waals surface area contributed by atoms with E-state index >= 15 is 0 Å². The van der Waals surface area contributed by atoms with Crippen molar-refractivity contribution >= 4 is 66.9 Å². The normalized spacial score (nSPS) is 15.9. The Bertz CT molecular complexity index is 2250. The summed E-state index contributed by atoms with van der Waals surface area (Å²) in [6, 6.07) is 26.8. The Morgan fingerprint density at radius 1 is 0.830 bits per heavy atom. The maximum Gasteiger partial charge on any atom is 0.333 e. The van der Waals surface area contributed by atoms with Gasteiger partial charge in [0.2, 0.25) is 0 Å². The number of amides is 3. The number of carbonyl (C=O) groups is 4. The Morgan fingerprint density at radius 2 is 1.42 bits per heavy atom. The molecular formula is C39H37N4O9S+. The van der Waals surface area contributed by atoms with Gasteiger partial charge in [-0.2, -0.15) is 9.14 Å². The van der Waals surface area contributed by atoms with Crippen LogP contribution in [0.5, 0.6) is 0 Å². The van der Waals surface area contributed by atoms with Crippen LogP contribution in [-0.2, 0) is 45.2 Å². The van der Waals surface area contributed by atoms with E-state index in [1.165, 1.54) is 12.1 Å². The van der Waals surface area contributed by atoms with Gasteiger partial charge < -0.3 is 9.57 Å². The van der Waals surface area contributed by atoms with E-state index in [1.54, 1.807) is 84.9 Å². The summed E-state index contributed by atoms with van der Waals surface area (Å²) in [5.74, 6) is -2.68.